The number of thioether (sulfide) groups is 1. The van der Waals surface area contributed by atoms with Gasteiger partial charge in [-0.25, -0.2) is 0 Å². The molecular weight excluding hydrogens is 266 g/mol. The summed E-state index contributed by atoms with van der Waals surface area (Å²) in [5.74, 6) is 0. The Labute approximate surface area is 129 Å². The Morgan fingerprint density at radius 2 is 1.20 bits per heavy atom. The van der Waals surface area contributed by atoms with E-state index in [4.69, 9.17) is 5.26 Å². The minimum Gasteiger partial charge on any atom is -0.286 e. The van der Waals surface area contributed by atoms with Gasteiger partial charge in [0.05, 0.1) is 0 Å². The summed E-state index contributed by atoms with van der Waals surface area (Å²) in [6.07, 6.45) is 17.7. The minimum absolute atomic E-state index is 0.0237. The molecule has 116 valence electrons. The Kier molecular flexibility index (Phi) is 16.2. The number of hydrogen-bond acceptors (Lipinski definition) is 3. The second-order valence-corrected chi connectivity index (χ2v) is 6.40. The van der Waals surface area contributed by atoms with E-state index in [0.717, 1.165) is 24.6 Å². The zero-order valence-corrected chi connectivity index (χ0v) is 14.0. The van der Waals surface area contributed by atoms with Crippen LogP contribution in [-0.4, -0.2) is 5.12 Å². The van der Waals surface area contributed by atoms with Crippen LogP contribution >= 0.6 is 11.8 Å². The zero-order valence-electron chi connectivity index (χ0n) is 13.2. The first-order valence-corrected chi connectivity index (χ1v) is 9.21. The molecule has 0 unspecified atom stereocenters. The molecule has 3 heteroatoms. The lowest BCUT2D eigenvalue weighted by Crippen LogP contribution is -1.89. The van der Waals surface area contributed by atoms with Gasteiger partial charge in [0.15, 0.2) is 0 Å². The van der Waals surface area contributed by atoms with Crippen LogP contribution in [0.25, 0.3) is 0 Å². The Hall–Kier alpha value is -0.490. The Balaban J connectivity index is 3.03. The number of rotatable bonds is 14. The van der Waals surface area contributed by atoms with E-state index in [2.05, 4.69) is 6.92 Å². The maximum atomic E-state index is 11.1. The van der Waals surface area contributed by atoms with Gasteiger partial charge < -0.3 is 0 Å². The van der Waals surface area contributed by atoms with Gasteiger partial charge in [0.25, 0.3) is 0 Å². The van der Waals surface area contributed by atoms with E-state index in [1.807, 2.05) is 5.40 Å². The lowest BCUT2D eigenvalue weighted by molar-refractivity contribution is -0.111. The maximum absolute atomic E-state index is 11.1. The molecule has 0 N–H and O–H groups in total. The smallest absolute Gasteiger partial charge is 0.203 e. The molecule has 2 nitrogen and oxygen atoms in total. The highest BCUT2D eigenvalue weighted by Crippen LogP contribution is 2.14. The molecule has 0 aromatic rings. The van der Waals surface area contributed by atoms with Gasteiger partial charge in [0.2, 0.25) is 5.12 Å². The van der Waals surface area contributed by atoms with Crippen LogP contribution in [0.5, 0.6) is 0 Å². The summed E-state index contributed by atoms with van der Waals surface area (Å²) >= 11 is 0.782. The van der Waals surface area contributed by atoms with Gasteiger partial charge in [-0.2, -0.15) is 5.26 Å². The van der Waals surface area contributed by atoms with Crippen LogP contribution in [0.15, 0.2) is 0 Å². The van der Waals surface area contributed by atoms with Crippen LogP contribution < -0.4 is 0 Å². The molecule has 0 saturated carbocycles. The van der Waals surface area contributed by atoms with Crippen molar-refractivity contribution in [3.8, 4) is 5.40 Å². The summed E-state index contributed by atoms with van der Waals surface area (Å²) in [5, 5.41) is 10.2. The highest BCUT2D eigenvalue weighted by molar-refractivity contribution is 8.17. The first kappa shape index (κ1) is 19.5. The molecule has 0 radical (unpaired) electrons. The van der Waals surface area contributed by atoms with Crippen molar-refractivity contribution in [3.63, 3.8) is 0 Å². The van der Waals surface area contributed by atoms with Crippen molar-refractivity contribution in [2.75, 3.05) is 0 Å². The summed E-state index contributed by atoms with van der Waals surface area (Å²) in [6, 6.07) is 0. The van der Waals surface area contributed by atoms with Crippen molar-refractivity contribution in [2.45, 2.75) is 96.8 Å². The predicted molar refractivity (Wildman–Crippen MR) is 88.5 cm³/mol. The third-order valence-electron chi connectivity index (χ3n) is 3.64. The third-order valence-corrected chi connectivity index (χ3v) is 4.17. The van der Waals surface area contributed by atoms with Crippen molar-refractivity contribution in [2.24, 2.45) is 0 Å². The number of nitriles is 1. The molecule has 20 heavy (non-hydrogen) atoms. The van der Waals surface area contributed by atoms with Gasteiger partial charge in [-0.1, -0.05) is 84.0 Å². The minimum atomic E-state index is 0.0237. The zero-order chi connectivity index (χ0) is 14.9. The standard InChI is InChI=1S/C17H31NOS/c1-2-3-4-5-6-7-8-9-10-11-12-13-14-15-17(19)20-16-18/h2-15H2,1H3. The molecule has 0 saturated heterocycles. The Morgan fingerprint density at radius 3 is 1.60 bits per heavy atom. The van der Waals surface area contributed by atoms with Crippen LogP contribution in [0.1, 0.15) is 96.8 Å². The summed E-state index contributed by atoms with van der Waals surface area (Å²) in [5.41, 5.74) is 0. The van der Waals surface area contributed by atoms with Gasteiger partial charge in [0.1, 0.15) is 5.40 Å². The lowest BCUT2D eigenvalue weighted by Gasteiger charge is -2.02. The summed E-state index contributed by atoms with van der Waals surface area (Å²) in [7, 11) is 0. The van der Waals surface area contributed by atoms with Gasteiger partial charge >= 0.3 is 0 Å². The lowest BCUT2D eigenvalue weighted by atomic mass is 10.0. The molecule has 0 fully saturated rings. The van der Waals surface area contributed by atoms with Crippen molar-refractivity contribution >= 4 is 16.9 Å². The molecule has 0 aliphatic heterocycles. The normalized spacial score (nSPS) is 10.4. The van der Waals surface area contributed by atoms with E-state index >= 15 is 0 Å². The summed E-state index contributed by atoms with van der Waals surface area (Å²) in [6.45, 7) is 2.26. The van der Waals surface area contributed by atoms with Crippen molar-refractivity contribution in [3.05, 3.63) is 0 Å². The maximum Gasteiger partial charge on any atom is 0.203 e. The fourth-order valence-corrected chi connectivity index (χ4v) is 2.74. The second-order valence-electron chi connectivity index (χ2n) is 5.56. The number of unbranched alkanes of at least 4 members (excludes halogenated alkanes) is 12. The number of nitrogens with zero attached hydrogens (tertiary/aromatic N) is 1. The highest BCUT2D eigenvalue weighted by Gasteiger charge is 2.01. The predicted octanol–water partition coefficient (Wildman–Crippen LogP) is 6.21. The molecule has 0 aliphatic rings. The van der Waals surface area contributed by atoms with Gasteiger partial charge in [-0.15, -0.1) is 0 Å². The highest BCUT2D eigenvalue weighted by atomic mass is 32.2. The topological polar surface area (TPSA) is 40.9 Å². The average Bonchev–Trinajstić information content (AvgIpc) is 2.44. The van der Waals surface area contributed by atoms with Gasteiger partial charge in [-0.05, 0) is 6.42 Å². The Bertz CT molecular complexity index is 260. The van der Waals surface area contributed by atoms with Gasteiger partial charge in [-0.3, -0.25) is 4.79 Å². The molecule has 0 aromatic heterocycles. The van der Waals surface area contributed by atoms with E-state index < -0.39 is 0 Å². The molecule has 0 heterocycles. The second kappa shape index (κ2) is 16.6. The monoisotopic (exact) mass is 297 g/mol. The number of hydrogen-bond donors (Lipinski definition) is 0. The van der Waals surface area contributed by atoms with Crippen LogP contribution in [0.2, 0.25) is 0 Å². The fraction of sp³-hybridized carbons (Fsp3) is 0.882. The van der Waals surface area contributed by atoms with E-state index in [0.29, 0.717) is 6.42 Å². The molecule has 0 spiro atoms. The van der Waals surface area contributed by atoms with Crippen molar-refractivity contribution in [1.82, 2.24) is 0 Å². The molecule has 0 bridgehead atoms. The number of carbonyl (C=O) groups is 1. The molecular formula is C17H31NOS. The average molecular weight is 298 g/mol. The van der Waals surface area contributed by atoms with E-state index in [1.165, 1.54) is 70.6 Å². The molecule has 0 aromatic carbocycles. The van der Waals surface area contributed by atoms with Crippen LogP contribution in [0.3, 0.4) is 0 Å². The fourth-order valence-electron chi connectivity index (χ4n) is 2.39. The first-order valence-electron chi connectivity index (χ1n) is 8.40. The van der Waals surface area contributed by atoms with Crippen LogP contribution in [-0.2, 0) is 4.79 Å². The SMILES string of the molecule is CCCCCCCCCCCCCCCC(=O)SC#N. The molecule has 0 aliphatic carbocycles. The summed E-state index contributed by atoms with van der Waals surface area (Å²) in [4.78, 5) is 11.1. The third kappa shape index (κ3) is 15.6. The molecule has 0 amide bonds. The largest absolute Gasteiger partial charge is 0.286 e. The van der Waals surface area contributed by atoms with E-state index in [1.54, 1.807) is 0 Å². The van der Waals surface area contributed by atoms with Crippen LogP contribution in [0, 0.1) is 10.7 Å². The van der Waals surface area contributed by atoms with Gasteiger partial charge in [0, 0.05) is 18.2 Å². The Morgan fingerprint density at radius 1 is 0.800 bits per heavy atom. The number of carbonyl (C=O) groups excluding carboxylic acids is 1. The molecule has 0 atom stereocenters. The van der Waals surface area contributed by atoms with Crippen molar-refractivity contribution < 1.29 is 4.79 Å². The summed E-state index contributed by atoms with van der Waals surface area (Å²) < 4.78 is 0. The molecule has 0 rings (SSSR count). The van der Waals surface area contributed by atoms with E-state index in [-0.39, 0.29) is 5.12 Å². The van der Waals surface area contributed by atoms with E-state index in [9.17, 15) is 4.79 Å². The quantitative estimate of drug-likeness (QED) is 0.283. The van der Waals surface area contributed by atoms with Crippen molar-refractivity contribution in [1.29, 1.82) is 5.26 Å². The van der Waals surface area contributed by atoms with Crippen LogP contribution in [0.4, 0.5) is 0 Å². The number of thiocyanates is 1. The first-order chi connectivity index (χ1) is 9.81.